The minimum absolute atomic E-state index is 0.0217. The molecule has 2 atom stereocenters. The van der Waals surface area contributed by atoms with E-state index in [0.29, 0.717) is 19.1 Å². The highest BCUT2D eigenvalue weighted by Crippen LogP contribution is 2.37. The van der Waals surface area contributed by atoms with Gasteiger partial charge in [-0.05, 0) is 37.5 Å². The van der Waals surface area contributed by atoms with Crippen LogP contribution in [0.2, 0.25) is 0 Å². The summed E-state index contributed by atoms with van der Waals surface area (Å²) in [5, 5.41) is 0. The maximum Gasteiger partial charge on any atom is 0.162 e. The number of imidazole rings is 1. The van der Waals surface area contributed by atoms with E-state index in [-0.39, 0.29) is 6.04 Å². The third-order valence-electron chi connectivity index (χ3n) is 4.55. The molecular formula is C17H21N3O2. The lowest BCUT2D eigenvalue weighted by Gasteiger charge is -2.26. The molecule has 1 aromatic carbocycles. The SMILES string of the molecule is Cc1c(-c2ccc3c(c2)OCCO3)nc2n1CC(C)CC2N. The van der Waals surface area contributed by atoms with E-state index >= 15 is 0 Å². The molecule has 4 rings (SSSR count). The molecule has 0 amide bonds. The van der Waals surface area contributed by atoms with Gasteiger partial charge < -0.3 is 19.8 Å². The second-order valence-corrected chi connectivity index (χ2v) is 6.32. The van der Waals surface area contributed by atoms with E-state index in [1.54, 1.807) is 0 Å². The van der Waals surface area contributed by atoms with Crippen molar-refractivity contribution in [2.24, 2.45) is 11.7 Å². The highest BCUT2D eigenvalue weighted by Gasteiger charge is 2.27. The number of benzene rings is 1. The van der Waals surface area contributed by atoms with E-state index < -0.39 is 0 Å². The van der Waals surface area contributed by atoms with Gasteiger partial charge in [0.2, 0.25) is 0 Å². The highest BCUT2D eigenvalue weighted by molar-refractivity contribution is 5.66. The lowest BCUT2D eigenvalue weighted by molar-refractivity contribution is 0.171. The van der Waals surface area contributed by atoms with Gasteiger partial charge in [0.05, 0.1) is 11.7 Å². The van der Waals surface area contributed by atoms with Gasteiger partial charge in [0.1, 0.15) is 19.0 Å². The van der Waals surface area contributed by atoms with Gasteiger partial charge in [-0.3, -0.25) is 0 Å². The standard InChI is InChI=1S/C17H21N3O2/c1-10-7-13(18)17-19-16(11(2)20(17)9-10)12-3-4-14-15(8-12)22-6-5-21-14/h3-4,8,10,13H,5-7,9,18H2,1-2H3. The molecule has 2 unspecified atom stereocenters. The smallest absolute Gasteiger partial charge is 0.162 e. The fraction of sp³-hybridized carbons (Fsp3) is 0.471. The molecule has 116 valence electrons. The van der Waals surface area contributed by atoms with Crippen molar-refractivity contribution >= 4 is 0 Å². The number of hydrogen-bond acceptors (Lipinski definition) is 4. The average Bonchev–Trinajstić information content (AvgIpc) is 2.84. The lowest BCUT2D eigenvalue weighted by atomic mass is 9.98. The van der Waals surface area contributed by atoms with Gasteiger partial charge in [0, 0.05) is 17.8 Å². The molecular weight excluding hydrogens is 278 g/mol. The Hall–Kier alpha value is -2.01. The van der Waals surface area contributed by atoms with Crippen molar-refractivity contribution in [1.29, 1.82) is 0 Å². The van der Waals surface area contributed by atoms with Crippen molar-refractivity contribution < 1.29 is 9.47 Å². The van der Waals surface area contributed by atoms with Crippen LogP contribution >= 0.6 is 0 Å². The van der Waals surface area contributed by atoms with Gasteiger partial charge in [0.15, 0.2) is 11.5 Å². The predicted molar refractivity (Wildman–Crippen MR) is 84.1 cm³/mol. The highest BCUT2D eigenvalue weighted by atomic mass is 16.6. The molecule has 1 aromatic heterocycles. The molecule has 0 fully saturated rings. The maximum absolute atomic E-state index is 6.28. The van der Waals surface area contributed by atoms with Crippen LogP contribution in [-0.2, 0) is 6.54 Å². The summed E-state index contributed by atoms with van der Waals surface area (Å²) >= 11 is 0. The van der Waals surface area contributed by atoms with Gasteiger partial charge in [0.25, 0.3) is 0 Å². The van der Waals surface area contributed by atoms with E-state index in [1.807, 2.05) is 18.2 Å². The van der Waals surface area contributed by atoms with E-state index in [9.17, 15) is 0 Å². The minimum atomic E-state index is 0.0217. The molecule has 0 spiro atoms. The van der Waals surface area contributed by atoms with Crippen LogP contribution in [0.5, 0.6) is 11.5 Å². The van der Waals surface area contributed by atoms with Crippen LogP contribution in [0, 0.1) is 12.8 Å². The van der Waals surface area contributed by atoms with Gasteiger partial charge in [-0.25, -0.2) is 4.98 Å². The van der Waals surface area contributed by atoms with Crippen molar-refractivity contribution in [3.05, 3.63) is 29.7 Å². The first-order valence-electron chi connectivity index (χ1n) is 7.86. The summed E-state index contributed by atoms with van der Waals surface area (Å²) in [5.74, 6) is 3.19. The molecule has 3 heterocycles. The number of ether oxygens (including phenoxy) is 2. The summed E-state index contributed by atoms with van der Waals surface area (Å²) < 4.78 is 13.5. The molecule has 0 saturated heterocycles. The molecule has 0 saturated carbocycles. The third kappa shape index (κ3) is 2.08. The topological polar surface area (TPSA) is 62.3 Å². The van der Waals surface area contributed by atoms with Gasteiger partial charge in [-0.2, -0.15) is 0 Å². The first-order valence-corrected chi connectivity index (χ1v) is 7.86. The molecule has 5 heteroatoms. The molecule has 2 aliphatic heterocycles. The maximum atomic E-state index is 6.28. The quantitative estimate of drug-likeness (QED) is 0.879. The number of hydrogen-bond donors (Lipinski definition) is 1. The van der Waals surface area contributed by atoms with Gasteiger partial charge in [-0.1, -0.05) is 6.92 Å². The monoisotopic (exact) mass is 299 g/mol. The van der Waals surface area contributed by atoms with Gasteiger partial charge >= 0.3 is 0 Å². The molecule has 0 radical (unpaired) electrons. The third-order valence-corrected chi connectivity index (χ3v) is 4.55. The minimum Gasteiger partial charge on any atom is -0.486 e. The number of fused-ring (bicyclic) bond motifs is 2. The van der Waals surface area contributed by atoms with Crippen molar-refractivity contribution in [3.8, 4) is 22.8 Å². The second kappa shape index (κ2) is 5.02. The Labute approximate surface area is 130 Å². The number of nitrogens with two attached hydrogens (primary N) is 1. The Balaban J connectivity index is 1.79. The Kier molecular flexibility index (Phi) is 3.11. The van der Waals surface area contributed by atoms with Crippen molar-refractivity contribution in [3.63, 3.8) is 0 Å². The Morgan fingerprint density at radius 1 is 1.23 bits per heavy atom. The van der Waals surface area contributed by atoms with E-state index in [0.717, 1.165) is 41.5 Å². The summed E-state index contributed by atoms with van der Waals surface area (Å²) in [4.78, 5) is 4.83. The predicted octanol–water partition coefficient (Wildman–Crippen LogP) is 2.67. The fourth-order valence-corrected chi connectivity index (χ4v) is 3.46. The van der Waals surface area contributed by atoms with E-state index in [2.05, 4.69) is 18.4 Å². The number of rotatable bonds is 1. The average molecular weight is 299 g/mol. The molecule has 2 N–H and O–H groups in total. The van der Waals surface area contributed by atoms with Crippen LogP contribution in [0.3, 0.4) is 0 Å². The molecule has 2 aromatic rings. The van der Waals surface area contributed by atoms with Crippen molar-refractivity contribution in [2.75, 3.05) is 13.2 Å². The Morgan fingerprint density at radius 2 is 2.00 bits per heavy atom. The summed E-state index contributed by atoms with van der Waals surface area (Å²) in [6, 6.07) is 6.05. The summed E-state index contributed by atoms with van der Waals surface area (Å²) in [6.07, 6.45) is 0.997. The zero-order valence-electron chi connectivity index (χ0n) is 13.0. The summed E-state index contributed by atoms with van der Waals surface area (Å²) in [6.45, 7) is 6.56. The molecule has 0 aliphatic carbocycles. The van der Waals surface area contributed by atoms with E-state index in [1.165, 1.54) is 5.69 Å². The number of nitrogens with zero attached hydrogens (tertiary/aromatic N) is 2. The van der Waals surface area contributed by atoms with E-state index in [4.69, 9.17) is 20.2 Å². The van der Waals surface area contributed by atoms with Gasteiger partial charge in [-0.15, -0.1) is 0 Å². The Bertz CT molecular complexity index is 723. The largest absolute Gasteiger partial charge is 0.486 e. The van der Waals surface area contributed by atoms with Crippen LogP contribution in [0.25, 0.3) is 11.3 Å². The van der Waals surface area contributed by atoms with Crippen molar-refractivity contribution in [1.82, 2.24) is 9.55 Å². The second-order valence-electron chi connectivity index (χ2n) is 6.32. The molecule has 5 nitrogen and oxygen atoms in total. The first kappa shape index (κ1) is 13.6. The van der Waals surface area contributed by atoms with Crippen molar-refractivity contribution in [2.45, 2.75) is 32.9 Å². The van der Waals surface area contributed by atoms with Crippen LogP contribution in [0.1, 0.15) is 30.9 Å². The molecule has 22 heavy (non-hydrogen) atoms. The lowest BCUT2D eigenvalue weighted by Crippen LogP contribution is -2.27. The number of aromatic nitrogens is 2. The normalized spacial score (nSPS) is 23.2. The van der Waals surface area contributed by atoms with Crippen LogP contribution in [0.15, 0.2) is 18.2 Å². The van der Waals surface area contributed by atoms with Crippen LogP contribution in [-0.4, -0.2) is 22.8 Å². The molecule has 2 aliphatic rings. The van der Waals surface area contributed by atoms with Crippen LogP contribution in [0.4, 0.5) is 0 Å². The van der Waals surface area contributed by atoms with Crippen LogP contribution < -0.4 is 15.2 Å². The zero-order valence-corrected chi connectivity index (χ0v) is 13.0. The fourth-order valence-electron chi connectivity index (χ4n) is 3.46. The summed E-state index contributed by atoms with van der Waals surface area (Å²) in [5.41, 5.74) is 9.51. The molecule has 0 bridgehead atoms. The zero-order chi connectivity index (χ0) is 15.3. The summed E-state index contributed by atoms with van der Waals surface area (Å²) in [7, 11) is 0. The first-order chi connectivity index (χ1) is 10.6. The Morgan fingerprint density at radius 3 is 2.82 bits per heavy atom.